The summed E-state index contributed by atoms with van der Waals surface area (Å²) in [5.41, 5.74) is 1.32. The van der Waals surface area contributed by atoms with E-state index in [9.17, 15) is 13.2 Å². The van der Waals surface area contributed by atoms with Crippen molar-refractivity contribution in [2.45, 2.75) is 4.90 Å². The standard InChI is InChI=1S/C21H17Cl2N3O3S2/c1-26(18-5-3-2-4-6-18)31(28,29)19-9-7-17(8-10-19)24-21(30)25-20(27)14-11-15(22)13-16(23)12-14/h2-13H,1H3,(H2,24,25,27,30). The fourth-order valence-corrected chi connectivity index (χ4v) is 4.60. The van der Waals surface area contributed by atoms with Crippen LogP contribution < -0.4 is 14.9 Å². The van der Waals surface area contributed by atoms with E-state index in [-0.39, 0.29) is 15.6 Å². The number of hydrogen-bond acceptors (Lipinski definition) is 4. The fourth-order valence-electron chi connectivity index (χ4n) is 2.67. The van der Waals surface area contributed by atoms with Crippen LogP contribution in [0.2, 0.25) is 10.0 Å². The van der Waals surface area contributed by atoms with Crippen LogP contribution >= 0.6 is 35.4 Å². The number of sulfonamides is 1. The van der Waals surface area contributed by atoms with E-state index >= 15 is 0 Å². The summed E-state index contributed by atoms with van der Waals surface area (Å²) >= 11 is 17.0. The summed E-state index contributed by atoms with van der Waals surface area (Å²) in [6.07, 6.45) is 0. The lowest BCUT2D eigenvalue weighted by molar-refractivity contribution is 0.0977. The highest BCUT2D eigenvalue weighted by molar-refractivity contribution is 7.92. The smallest absolute Gasteiger partial charge is 0.264 e. The van der Waals surface area contributed by atoms with Crippen molar-refractivity contribution in [3.8, 4) is 0 Å². The van der Waals surface area contributed by atoms with Gasteiger partial charge in [0.25, 0.3) is 15.9 Å². The molecule has 0 radical (unpaired) electrons. The molecule has 2 N–H and O–H groups in total. The third kappa shape index (κ3) is 5.74. The van der Waals surface area contributed by atoms with E-state index in [1.165, 1.54) is 41.7 Å². The molecular weight excluding hydrogens is 477 g/mol. The highest BCUT2D eigenvalue weighted by Gasteiger charge is 2.21. The number of carbonyl (C=O) groups excluding carboxylic acids is 1. The van der Waals surface area contributed by atoms with Crippen LogP contribution in [0.15, 0.2) is 77.7 Å². The Balaban J connectivity index is 1.67. The number of hydrogen-bond donors (Lipinski definition) is 2. The molecule has 0 fully saturated rings. The lowest BCUT2D eigenvalue weighted by Gasteiger charge is -2.19. The van der Waals surface area contributed by atoms with E-state index < -0.39 is 15.9 Å². The molecule has 0 saturated heterocycles. The van der Waals surface area contributed by atoms with Crippen molar-refractivity contribution >= 4 is 67.8 Å². The topological polar surface area (TPSA) is 78.5 Å². The van der Waals surface area contributed by atoms with Gasteiger partial charge in [-0.2, -0.15) is 0 Å². The lowest BCUT2D eigenvalue weighted by atomic mass is 10.2. The number of anilines is 2. The van der Waals surface area contributed by atoms with Gasteiger partial charge in [0.15, 0.2) is 5.11 Å². The quantitative estimate of drug-likeness (QED) is 0.491. The van der Waals surface area contributed by atoms with Crippen molar-refractivity contribution in [2.24, 2.45) is 0 Å². The molecule has 1 amide bonds. The molecule has 0 heterocycles. The monoisotopic (exact) mass is 493 g/mol. The van der Waals surface area contributed by atoms with E-state index in [1.807, 2.05) is 6.07 Å². The molecule has 10 heteroatoms. The summed E-state index contributed by atoms with van der Waals surface area (Å²) in [5, 5.41) is 6.05. The Morgan fingerprint density at radius 3 is 2.10 bits per heavy atom. The second-order valence-corrected chi connectivity index (χ2v) is 9.65. The van der Waals surface area contributed by atoms with Crippen molar-refractivity contribution in [3.63, 3.8) is 0 Å². The van der Waals surface area contributed by atoms with Crippen molar-refractivity contribution in [1.82, 2.24) is 5.32 Å². The zero-order chi connectivity index (χ0) is 22.6. The summed E-state index contributed by atoms with van der Waals surface area (Å²) < 4.78 is 26.9. The number of benzene rings is 3. The van der Waals surface area contributed by atoms with Gasteiger partial charge < -0.3 is 5.32 Å². The first-order valence-electron chi connectivity index (χ1n) is 8.89. The van der Waals surface area contributed by atoms with Gasteiger partial charge in [-0.05, 0) is 66.8 Å². The van der Waals surface area contributed by atoms with Crippen LogP contribution in [0.4, 0.5) is 11.4 Å². The fraction of sp³-hybridized carbons (Fsp3) is 0.0476. The van der Waals surface area contributed by atoms with Crippen molar-refractivity contribution in [3.05, 3.63) is 88.4 Å². The average Bonchev–Trinajstić information content (AvgIpc) is 2.73. The summed E-state index contributed by atoms with van der Waals surface area (Å²) in [4.78, 5) is 12.4. The molecule has 0 aromatic heterocycles. The highest BCUT2D eigenvalue weighted by atomic mass is 35.5. The Bertz CT molecular complexity index is 1200. The largest absolute Gasteiger partial charge is 0.332 e. The maximum absolute atomic E-state index is 12.8. The number of para-hydroxylation sites is 1. The van der Waals surface area contributed by atoms with E-state index in [0.717, 1.165) is 0 Å². The summed E-state index contributed by atoms with van der Waals surface area (Å²) in [6.45, 7) is 0. The first-order chi connectivity index (χ1) is 14.7. The molecule has 31 heavy (non-hydrogen) atoms. The third-order valence-corrected chi connectivity index (χ3v) is 6.68. The molecule has 160 valence electrons. The van der Waals surface area contributed by atoms with Gasteiger partial charge in [0.1, 0.15) is 0 Å². The zero-order valence-electron chi connectivity index (χ0n) is 16.2. The molecule has 3 aromatic carbocycles. The summed E-state index contributed by atoms with van der Waals surface area (Å²) in [7, 11) is -2.23. The second kappa shape index (κ2) is 9.65. The van der Waals surface area contributed by atoms with E-state index in [2.05, 4.69) is 10.6 Å². The second-order valence-electron chi connectivity index (χ2n) is 6.40. The van der Waals surface area contributed by atoms with E-state index in [4.69, 9.17) is 35.4 Å². The Kier molecular flexibility index (Phi) is 7.17. The molecule has 0 saturated carbocycles. The van der Waals surface area contributed by atoms with Gasteiger partial charge in [-0.25, -0.2) is 8.42 Å². The average molecular weight is 494 g/mol. The molecule has 0 unspecified atom stereocenters. The van der Waals surface area contributed by atoms with Crippen LogP contribution in [0.3, 0.4) is 0 Å². The zero-order valence-corrected chi connectivity index (χ0v) is 19.3. The third-order valence-electron chi connectivity index (χ3n) is 4.24. The highest BCUT2D eigenvalue weighted by Crippen LogP contribution is 2.23. The van der Waals surface area contributed by atoms with Crippen LogP contribution in [0, 0.1) is 0 Å². The van der Waals surface area contributed by atoms with Gasteiger partial charge in [0.05, 0.1) is 10.6 Å². The molecule has 0 spiro atoms. The molecule has 0 aliphatic carbocycles. The van der Waals surface area contributed by atoms with Gasteiger partial charge in [0.2, 0.25) is 0 Å². The SMILES string of the molecule is CN(c1ccccc1)S(=O)(=O)c1ccc(NC(=S)NC(=O)c2cc(Cl)cc(Cl)c2)cc1. The number of halogens is 2. The normalized spacial score (nSPS) is 10.9. The molecule has 6 nitrogen and oxygen atoms in total. The maximum Gasteiger partial charge on any atom is 0.264 e. The number of rotatable bonds is 5. The molecule has 0 aliphatic rings. The molecule has 0 atom stereocenters. The van der Waals surface area contributed by atoms with E-state index in [0.29, 0.717) is 21.4 Å². The number of nitrogens with one attached hydrogen (secondary N) is 2. The number of amides is 1. The minimum Gasteiger partial charge on any atom is -0.332 e. The predicted octanol–water partition coefficient (Wildman–Crippen LogP) is 4.95. The first-order valence-corrected chi connectivity index (χ1v) is 11.5. The molecule has 0 bridgehead atoms. The first kappa shape index (κ1) is 23.0. The Morgan fingerprint density at radius 2 is 1.52 bits per heavy atom. The minimum atomic E-state index is -3.72. The van der Waals surface area contributed by atoms with Crippen LogP contribution in [-0.4, -0.2) is 26.5 Å². The van der Waals surface area contributed by atoms with Crippen molar-refractivity contribution in [2.75, 3.05) is 16.7 Å². The number of thiocarbonyl (C=S) groups is 1. The van der Waals surface area contributed by atoms with Gasteiger partial charge in [-0.15, -0.1) is 0 Å². The van der Waals surface area contributed by atoms with Crippen molar-refractivity contribution < 1.29 is 13.2 Å². The number of carbonyl (C=O) groups is 1. The maximum atomic E-state index is 12.8. The molecular formula is C21H17Cl2N3O3S2. The van der Waals surface area contributed by atoms with Gasteiger partial charge in [-0.1, -0.05) is 41.4 Å². The minimum absolute atomic E-state index is 0.0399. The Morgan fingerprint density at radius 1 is 0.935 bits per heavy atom. The lowest BCUT2D eigenvalue weighted by Crippen LogP contribution is -2.34. The van der Waals surface area contributed by atoms with Crippen LogP contribution in [0.5, 0.6) is 0 Å². The Labute approximate surface area is 195 Å². The molecule has 0 aliphatic heterocycles. The van der Waals surface area contributed by atoms with Gasteiger partial charge in [-0.3, -0.25) is 14.4 Å². The predicted molar refractivity (Wildman–Crippen MR) is 129 cm³/mol. The van der Waals surface area contributed by atoms with Crippen LogP contribution in [-0.2, 0) is 10.0 Å². The molecule has 3 rings (SSSR count). The van der Waals surface area contributed by atoms with Gasteiger partial charge >= 0.3 is 0 Å². The number of nitrogens with zero attached hydrogens (tertiary/aromatic N) is 1. The summed E-state index contributed by atoms with van der Waals surface area (Å²) in [6, 6.07) is 19.2. The summed E-state index contributed by atoms with van der Waals surface area (Å²) in [5.74, 6) is -0.481. The van der Waals surface area contributed by atoms with E-state index in [1.54, 1.807) is 36.4 Å². The van der Waals surface area contributed by atoms with Crippen LogP contribution in [0.1, 0.15) is 10.4 Å². The molecule has 3 aromatic rings. The van der Waals surface area contributed by atoms with Crippen LogP contribution in [0.25, 0.3) is 0 Å². The van der Waals surface area contributed by atoms with Gasteiger partial charge in [0, 0.05) is 28.3 Å². The van der Waals surface area contributed by atoms with Crippen molar-refractivity contribution in [1.29, 1.82) is 0 Å². The Hall–Kier alpha value is -2.65.